The molecule has 1 amide bonds. The van der Waals surface area contributed by atoms with Crippen LogP contribution in [-0.2, 0) is 9.53 Å². The highest BCUT2D eigenvalue weighted by Gasteiger charge is 2.21. The fraction of sp³-hybridized carbons (Fsp3) is 0.409. The van der Waals surface area contributed by atoms with Crippen LogP contribution in [0.1, 0.15) is 57.4 Å². The zero-order chi connectivity index (χ0) is 22.0. The second-order valence-corrected chi connectivity index (χ2v) is 7.75. The van der Waals surface area contributed by atoms with Gasteiger partial charge in [0.1, 0.15) is 16.9 Å². The molecule has 0 atom stereocenters. The van der Waals surface area contributed by atoms with E-state index in [2.05, 4.69) is 9.98 Å². The molecule has 0 bridgehead atoms. The van der Waals surface area contributed by atoms with Gasteiger partial charge < -0.3 is 9.30 Å². The van der Waals surface area contributed by atoms with Crippen molar-refractivity contribution in [2.75, 3.05) is 6.61 Å². The summed E-state index contributed by atoms with van der Waals surface area (Å²) in [5.41, 5.74) is 0.757. The van der Waals surface area contributed by atoms with Crippen LogP contribution < -0.4 is 11.0 Å². The number of carbonyl (C=O) groups is 2. The summed E-state index contributed by atoms with van der Waals surface area (Å²) in [6.07, 6.45) is 1.87. The third-order valence-electron chi connectivity index (χ3n) is 4.56. The lowest BCUT2D eigenvalue weighted by Crippen LogP contribution is -2.33. The van der Waals surface area contributed by atoms with Crippen molar-refractivity contribution in [2.24, 2.45) is 10.9 Å². The van der Waals surface area contributed by atoms with Crippen LogP contribution >= 0.6 is 0 Å². The average Bonchev–Trinajstić information content (AvgIpc) is 2.67. The molecule has 158 valence electrons. The second kappa shape index (κ2) is 8.61. The Balaban J connectivity index is 2.51. The van der Waals surface area contributed by atoms with Crippen molar-refractivity contribution >= 4 is 28.6 Å². The lowest BCUT2D eigenvalue weighted by molar-refractivity contribution is -0.118. The third kappa shape index (κ3) is 4.03. The number of amides is 1. The Kier molecular flexibility index (Phi) is 6.14. The summed E-state index contributed by atoms with van der Waals surface area (Å²) < 4.78 is 8.27. The lowest BCUT2D eigenvalue weighted by atomic mass is 10.1. The van der Waals surface area contributed by atoms with Gasteiger partial charge in [-0.25, -0.2) is 9.78 Å². The van der Waals surface area contributed by atoms with E-state index in [9.17, 15) is 14.4 Å². The molecule has 0 aliphatic heterocycles. The van der Waals surface area contributed by atoms with Gasteiger partial charge >= 0.3 is 5.97 Å². The molecule has 0 aliphatic rings. The van der Waals surface area contributed by atoms with Crippen molar-refractivity contribution in [3.8, 4) is 0 Å². The molecule has 0 aromatic carbocycles. The number of hydrogen-bond acceptors (Lipinski definition) is 5. The Morgan fingerprint density at radius 2 is 1.93 bits per heavy atom. The Morgan fingerprint density at radius 1 is 1.20 bits per heavy atom. The first-order valence-electron chi connectivity index (χ1n) is 10.1. The lowest BCUT2D eigenvalue weighted by Gasteiger charge is -2.17. The molecule has 8 heteroatoms. The zero-order valence-electron chi connectivity index (χ0n) is 17.9. The van der Waals surface area contributed by atoms with Crippen LogP contribution in [0.4, 0.5) is 0 Å². The average molecular weight is 410 g/mol. The van der Waals surface area contributed by atoms with Gasteiger partial charge in [0.05, 0.1) is 12.0 Å². The summed E-state index contributed by atoms with van der Waals surface area (Å²) in [7, 11) is 0. The Bertz CT molecular complexity index is 1250. The van der Waals surface area contributed by atoms with Crippen LogP contribution in [0.2, 0.25) is 0 Å². The Morgan fingerprint density at radius 3 is 2.57 bits per heavy atom. The molecule has 3 heterocycles. The maximum atomic E-state index is 13.1. The number of hydrogen-bond donors (Lipinski definition) is 0. The zero-order valence-corrected chi connectivity index (χ0v) is 17.9. The van der Waals surface area contributed by atoms with Gasteiger partial charge in [-0.2, -0.15) is 4.99 Å². The van der Waals surface area contributed by atoms with E-state index in [0.717, 1.165) is 0 Å². The first-order valence-corrected chi connectivity index (χ1v) is 10.1. The number of pyridine rings is 2. The van der Waals surface area contributed by atoms with Crippen LogP contribution in [0.3, 0.4) is 0 Å². The van der Waals surface area contributed by atoms with Crippen LogP contribution in [0.5, 0.6) is 0 Å². The molecule has 3 rings (SSSR count). The predicted molar refractivity (Wildman–Crippen MR) is 113 cm³/mol. The SMILES string of the molecule is CCOC(=O)c1cc2c(=O)n3ccccc3nc2n(C(C)C)c1=NC(=O)CC(C)C. The van der Waals surface area contributed by atoms with Gasteiger partial charge in [0.15, 0.2) is 5.49 Å². The van der Waals surface area contributed by atoms with Gasteiger partial charge in [-0.3, -0.25) is 14.0 Å². The summed E-state index contributed by atoms with van der Waals surface area (Å²) in [5, 5.41) is 0.255. The highest BCUT2D eigenvalue weighted by molar-refractivity contribution is 5.93. The van der Waals surface area contributed by atoms with Crippen molar-refractivity contribution < 1.29 is 14.3 Å². The van der Waals surface area contributed by atoms with E-state index in [-0.39, 0.29) is 52.9 Å². The van der Waals surface area contributed by atoms with Gasteiger partial charge in [-0.1, -0.05) is 19.9 Å². The molecule has 0 unspecified atom stereocenters. The number of rotatable bonds is 5. The first kappa shape index (κ1) is 21.4. The number of carbonyl (C=O) groups excluding carboxylic acids is 2. The molecule has 30 heavy (non-hydrogen) atoms. The number of nitrogens with zero attached hydrogens (tertiary/aromatic N) is 4. The van der Waals surface area contributed by atoms with E-state index in [1.807, 2.05) is 27.7 Å². The second-order valence-electron chi connectivity index (χ2n) is 7.75. The summed E-state index contributed by atoms with van der Waals surface area (Å²) >= 11 is 0. The van der Waals surface area contributed by atoms with Crippen LogP contribution in [-0.4, -0.2) is 32.4 Å². The molecule has 0 aliphatic carbocycles. The number of fused-ring (bicyclic) bond motifs is 2. The molecule has 0 saturated heterocycles. The molecule has 0 N–H and O–H groups in total. The van der Waals surface area contributed by atoms with E-state index in [0.29, 0.717) is 11.3 Å². The minimum Gasteiger partial charge on any atom is -0.462 e. The molecule has 0 fully saturated rings. The Labute approximate surface area is 173 Å². The highest BCUT2D eigenvalue weighted by atomic mass is 16.5. The van der Waals surface area contributed by atoms with E-state index in [4.69, 9.17) is 4.74 Å². The molecule has 0 radical (unpaired) electrons. The first-order chi connectivity index (χ1) is 14.2. The fourth-order valence-electron chi connectivity index (χ4n) is 3.32. The number of ether oxygens (including phenoxy) is 1. The summed E-state index contributed by atoms with van der Waals surface area (Å²) in [6.45, 7) is 9.47. The molecule has 0 spiro atoms. The largest absolute Gasteiger partial charge is 0.462 e. The van der Waals surface area contributed by atoms with E-state index in [1.165, 1.54) is 10.5 Å². The molecule has 0 saturated carbocycles. The summed E-state index contributed by atoms with van der Waals surface area (Å²) in [4.78, 5) is 47.3. The van der Waals surface area contributed by atoms with Crippen molar-refractivity contribution in [1.29, 1.82) is 0 Å². The topological polar surface area (TPSA) is 95.0 Å². The van der Waals surface area contributed by atoms with Gasteiger partial charge in [0.2, 0.25) is 5.91 Å². The number of esters is 1. The van der Waals surface area contributed by atoms with Crippen molar-refractivity contribution in [3.05, 3.63) is 51.9 Å². The van der Waals surface area contributed by atoms with Crippen molar-refractivity contribution in [2.45, 2.75) is 47.1 Å². The highest BCUT2D eigenvalue weighted by Crippen LogP contribution is 2.15. The summed E-state index contributed by atoms with van der Waals surface area (Å²) in [5.74, 6) is -0.865. The fourth-order valence-corrected chi connectivity index (χ4v) is 3.32. The smallest absolute Gasteiger partial charge is 0.341 e. The monoisotopic (exact) mass is 410 g/mol. The standard InChI is InChI=1S/C22H26N4O4/c1-6-30-22(29)16-12-15-19(23-17-9-7-8-10-25(17)21(15)28)26(14(4)5)20(16)24-18(27)11-13(2)3/h7-10,12-14H,6,11H2,1-5H3. The van der Waals surface area contributed by atoms with E-state index < -0.39 is 5.97 Å². The van der Waals surface area contributed by atoms with Crippen molar-refractivity contribution in [3.63, 3.8) is 0 Å². The normalized spacial score (nSPS) is 12.3. The van der Waals surface area contributed by atoms with E-state index >= 15 is 0 Å². The van der Waals surface area contributed by atoms with E-state index in [1.54, 1.807) is 35.9 Å². The van der Waals surface area contributed by atoms with Crippen LogP contribution in [0.25, 0.3) is 16.7 Å². The molecular weight excluding hydrogens is 384 g/mol. The maximum absolute atomic E-state index is 13.1. The molecule has 3 aromatic rings. The third-order valence-corrected chi connectivity index (χ3v) is 4.56. The molecule has 3 aromatic heterocycles. The van der Waals surface area contributed by atoms with Crippen LogP contribution in [0.15, 0.2) is 40.2 Å². The number of aromatic nitrogens is 3. The molecular formula is C22H26N4O4. The minimum atomic E-state index is -0.637. The van der Waals surface area contributed by atoms with Crippen LogP contribution in [0, 0.1) is 5.92 Å². The molecule has 8 nitrogen and oxygen atoms in total. The quantitative estimate of drug-likeness (QED) is 0.476. The maximum Gasteiger partial charge on any atom is 0.341 e. The van der Waals surface area contributed by atoms with Gasteiger partial charge in [-0.15, -0.1) is 0 Å². The Hall–Kier alpha value is -3.29. The predicted octanol–water partition coefficient (Wildman–Crippen LogP) is 2.88. The minimum absolute atomic E-state index is 0.0740. The van der Waals surface area contributed by atoms with Gasteiger partial charge in [0, 0.05) is 18.7 Å². The van der Waals surface area contributed by atoms with Gasteiger partial charge in [-0.05, 0) is 44.9 Å². The summed E-state index contributed by atoms with van der Waals surface area (Å²) in [6, 6.07) is 6.47. The van der Waals surface area contributed by atoms with Crippen molar-refractivity contribution in [1.82, 2.24) is 14.0 Å². The van der Waals surface area contributed by atoms with Gasteiger partial charge in [0.25, 0.3) is 5.56 Å².